The summed E-state index contributed by atoms with van der Waals surface area (Å²) in [5.74, 6) is -0.129. The molecule has 0 aliphatic heterocycles. The molecule has 104 valence electrons. The van der Waals surface area contributed by atoms with Gasteiger partial charge in [0, 0.05) is 17.1 Å². The number of hydrogen-bond donors (Lipinski definition) is 2. The molecule has 1 heterocycles. The Morgan fingerprint density at radius 3 is 2.95 bits per heavy atom. The van der Waals surface area contributed by atoms with Crippen LogP contribution in [0.25, 0.3) is 0 Å². The monoisotopic (exact) mass is 293 g/mol. The van der Waals surface area contributed by atoms with Crippen LogP contribution in [-0.4, -0.2) is 28.2 Å². The predicted molar refractivity (Wildman–Crippen MR) is 74.3 cm³/mol. The van der Waals surface area contributed by atoms with Gasteiger partial charge in [0.25, 0.3) is 0 Å². The molecule has 0 unspecified atom stereocenters. The zero-order valence-electron chi connectivity index (χ0n) is 10.6. The largest absolute Gasteiger partial charge is 0.496 e. The number of carboxylic acid groups (broad SMARTS) is 1. The second-order valence-corrected chi connectivity index (χ2v) is 4.28. The van der Waals surface area contributed by atoms with Crippen molar-refractivity contribution in [2.75, 3.05) is 12.4 Å². The number of aromatic carboxylic acids is 1. The maximum atomic E-state index is 10.8. The molecule has 6 nitrogen and oxygen atoms in total. The lowest BCUT2D eigenvalue weighted by Gasteiger charge is -2.11. The Kier molecular flexibility index (Phi) is 4.37. The van der Waals surface area contributed by atoms with E-state index in [-0.39, 0.29) is 5.69 Å². The van der Waals surface area contributed by atoms with E-state index in [1.54, 1.807) is 25.3 Å². The van der Waals surface area contributed by atoms with Crippen LogP contribution in [0.3, 0.4) is 0 Å². The van der Waals surface area contributed by atoms with Crippen molar-refractivity contribution < 1.29 is 14.6 Å². The molecule has 7 heteroatoms. The molecule has 0 atom stereocenters. The summed E-state index contributed by atoms with van der Waals surface area (Å²) in [4.78, 5) is 18.5. The Hall–Kier alpha value is -2.34. The molecular formula is C13H12ClN3O3. The quantitative estimate of drug-likeness (QED) is 0.881. The van der Waals surface area contributed by atoms with Crippen molar-refractivity contribution in [2.24, 2.45) is 0 Å². The zero-order chi connectivity index (χ0) is 14.5. The van der Waals surface area contributed by atoms with Crippen LogP contribution < -0.4 is 10.1 Å². The fourth-order valence-electron chi connectivity index (χ4n) is 1.63. The SMILES string of the molecule is COc1cccc(Cl)c1CNc1cncc(C(=O)O)n1. The number of carbonyl (C=O) groups is 1. The van der Waals surface area contributed by atoms with E-state index in [0.29, 0.717) is 23.1 Å². The molecule has 2 aromatic rings. The van der Waals surface area contributed by atoms with E-state index in [9.17, 15) is 4.79 Å². The van der Waals surface area contributed by atoms with E-state index in [0.717, 1.165) is 5.56 Å². The van der Waals surface area contributed by atoms with Crippen molar-refractivity contribution in [2.45, 2.75) is 6.54 Å². The van der Waals surface area contributed by atoms with E-state index in [2.05, 4.69) is 15.3 Å². The van der Waals surface area contributed by atoms with Gasteiger partial charge in [0.1, 0.15) is 11.6 Å². The average Bonchev–Trinajstić information content (AvgIpc) is 2.46. The molecule has 1 aromatic carbocycles. The van der Waals surface area contributed by atoms with Gasteiger partial charge in [0.05, 0.1) is 19.5 Å². The summed E-state index contributed by atoms with van der Waals surface area (Å²) >= 11 is 6.11. The summed E-state index contributed by atoms with van der Waals surface area (Å²) < 4.78 is 5.22. The van der Waals surface area contributed by atoms with Crippen LogP contribution in [0.4, 0.5) is 5.82 Å². The number of rotatable bonds is 5. The number of aromatic nitrogens is 2. The van der Waals surface area contributed by atoms with Gasteiger partial charge in [0.15, 0.2) is 5.69 Å². The van der Waals surface area contributed by atoms with Crippen molar-refractivity contribution in [1.82, 2.24) is 9.97 Å². The molecule has 0 spiro atoms. The van der Waals surface area contributed by atoms with Crippen molar-refractivity contribution in [3.63, 3.8) is 0 Å². The van der Waals surface area contributed by atoms with E-state index in [1.165, 1.54) is 12.4 Å². The van der Waals surface area contributed by atoms with Crippen molar-refractivity contribution in [3.05, 3.63) is 46.9 Å². The third-order valence-electron chi connectivity index (χ3n) is 2.60. The average molecular weight is 294 g/mol. The lowest BCUT2D eigenvalue weighted by Crippen LogP contribution is -2.07. The van der Waals surface area contributed by atoms with Crippen molar-refractivity contribution in [3.8, 4) is 5.75 Å². The summed E-state index contributed by atoms with van der Waals surface area (Å²) in [6.45, 7) is 0.348. The van der Waals surface area contributed by atoms with Crippen LogP contribution in [0.1, 0.15) is 16.1 Å². The first-order chi connectivity index (χ1) is 9.61. The Bertz CT molecular complexity index is 634. The molecule has 0 amide bonds. The van der Waals surface area contributed by atoms with Gasteiger partial charge in [-0.2, -0.15) is 0 Å². The number of halogens is 1. The van der Waals surface area contributed by atoms with Gasteiger partial charge in [-0.3, -0.25) is 4.98 Å². The summed E-state index contributed by atoms with van der Waals surface area (Å²) in [5, 5.41) is 12.4. The minimum Gasteiger partial charge on any atom is -0.496 e. The molecule has 0 fully saturated rings. The van der Waals surface area contributed by atoms with Crippen LogP contribution in [-0.2, 0) is 6.54 Å². The summed E-state index contributed by atoms with van der Waals surface area (Å²) in [6.07, 6.45) is 2.62. The summed E-state index contributed by atoms with van der Waals surface area (Å²) in [5.41, 5.74) is 0.639. The molecule has 20 heavy (non-hydrogen) atoms. The first-order valence-electron chi connectivity index (χ1n) is 5.72. The molecule has 0 radical (unpaired) electrons. The van der Waals surface area contributed by atoms with Gasteiger partial charge in [-0.1, -0.05) is 17.7 Å². The minimum atomic E-state index is -1.13. The Morgan fingerprint density at radius 1 is 1.45 bits per heavy atom. The van der Waals surface area contributed by atoms with Gasteiger partial charge < -0.3 is 15.2 Å². The highest BCUT2D eigenvalue weighted by atomic mass is 35.5. The van der Waals surface area contributed by atoms with Crippen molar-refractivity contribution >= 4 is 23.4 Å². The summed E-state index contributed by atoms with van der Waals surface area (Å²) in [7, 11) is 1.56. The number of carboxylic acids is 1. The lowest BCUT2D eigenvalue weighted by atomic mass is 10.2. The normalized spacial score (nSPS) is 10.1. The maximum absolute atomic E-state index is 10.8. The molecule has 0 aliphatic rings. The molecular weight excluding hydrogens is 282 g/mol. The first-order valence-corrected chi connectivity index (χ1v) is 6.10. The van der Waals surface area contributed by atoms with E-state index >= 15 is 0 Å². The summed E-state index contributed by atoms with van der Waals surface area (Å²) in [6, 6.07) is 5.33. The number of nitrogens with one attached hydrogen (secondary N) is 1. The van der Waals surface area contributed by atoms with Crippen LogP contribution in [0.2, 0.25) is 5.02 Å². The molecule has 0 saturated carbocycles. The van der Waals surface area contributed by atoms with Gasteiger partial charge in [0.2, 0.25) is 0 Å². The second-order valence-electron chi connectivity index (χ2n) is 3.87. The lowest BCUT2D eigenvalue weighted by molar-refractivity contribution is 0.0690. The van der Waals surface area contributed by atoms with Crippen LogP contribution >= 0.6 is 11.6 Å². The molecule has 1 aromatic heterocycles. The van der Waals surface area contributed by atoms with Gasteiger partial charge in [-0.05, 0) is 12.1 Å². The number of hydrogen-bond acceptors (Lipinski definition) is 5. The van der Waals surface area contributed by atoms with E-state index in [4.69, 9.17) is 21.4 Å². The highest BCUT2D eigenvalue weighted by Gasteiger charge is 2.09. The van der Waals surface area contributed by atoms with Crippen LogP contribution in [0, 0.1) is 0 Å². The maximum Gasteiger partial charge on any atom is 0.356 e. The second kappa shape index (κ2) is 6.21. The molecule has 0 aliphatic carbocycles. The highest BCUT2D eigenvalue weighted by Crippen LogP contribution is 2.26. The van der Waals surface area contributed by atoms with Gasteiger partial charge in [-0.25, -0.2) is 9.78 Å². The van der Waals surface area contributed by atoms with Crippen LogP contribution in [0.15, 0.2) is 30.6 Å². The van der Waals surface area contributed by atoms with Crippen molar-refractivity contribution in [1.29, 1.82) is 0 Å². The van der Waals surface area contributed by atoms with E-state index < -0.39 is 5.97 Å². The minimum absolute atomic E-state index is 0.124. The van der Waals surface area contributed by atoms with E-state index in [1.807, 2.05) is 0 Å². The van der Waals surface area contributed by atoms with Gasteiger partial charge in [-0.15, -0.1) is 0 Å². The first kappa shape index (κ1) is 14.1. The molecule has 2 rings (SSSR count). The molecule has 2 N–H and O–H groups in total. The Labute approximate surface area is 120 Å². The fraction of sp³-hybridized carbons (Fsp3) is 0.154. The number of anilines is 1. The number of methoxy groups -OCH3 is 1. The standard InChI is InChI=1S/C13H12ClN3O3/c1-20-11-4-2-3-9(14)8(11)5-16-12-7-15-6-10(17-12)13(18)19/h2-4,6-7H,5H2,1H3,(H,16,17)(H,18,19). The topological polar surface area (TPSA) is 84.3 Å². The number of ether oxygens (including phenoxy) is 1. The number of nitrogens with zero attached hydrogens (tertiary/aromatic N) is 2. The predicted octanol–water partition coefficient (Wildman–Crippen LogP) is 2.45. The smallest absolute Gasteiger partial charge is 0.356 e. The highest BCUT2D eigenvalue weighted by molar-refractivity contribution is 6.31. The molecule has 0 bridgehead atoms. The Morgan fingerprint density at radius 2 is 2.25 bits per heavy atom. The third-order valence-corrected chi connectivity index (χ3v) is 2.95. The molecule has 0 saturated heterocycles. The fourth-order valence-corrected chi connectivity index (χ4v) is 1.87. The number of benzene rings is 1. The van der Waals surface area contributed by atoms with Crippen LogP contribution in [0.5, 0.6) is 5.75 Å². The zero-order valence-corrected chi connectivity index (χ0v) is 11.4. The van der Waals surface area contributed by atoms with Gasteiger partial charge >= 0.3 is 5.97 Å². The Balaban J connectivity index is 2.17. The third kappa shape index (κ3) is 3.16.